The van der Waals surface area contributed by atoms with Crippen LogP contribution in [0.2, 0.25) is 5.02 Å². The van der Waals surface area contributed by atoms with Gasteiger partial charge in [0, 0.05) is 22.7 Å². The van der Waals surface area contributed by atoms with Crippen LogP contribution in [0.5, 0.6) is 11.5 Å². The van der Waals surface area contributed by atoms with Crippen LogP contribution in [0.1, 0.15) is 35.3 Å². The molecule has 3 aromatic carbocycles. The summed E-state index contributed by atoms with van der Waals surface area (Å²) in [5.41, 5.74) is 2.47. The zero-order valence-corrected chi connectivity index (χ0v) is 17.3. The van der Waals surface area contributed by atoms with Crippen LogP contribution >= 0.6 is 11.6 Å². The first kappa shape index (κ1) is 20.7. The molecule has 0 aromatic heterocycles. The van der Waals surface area contributed by atoms with Crippen molar-refractivity contribution >= 4 is 17.5 Å². The van der Waals surface area contributed by atoms with Crippen LogP contribution in [0.25, 0.3) is 0 Å². The Morgan fingerprint density at radius 3 is 2.45 bits per heavy atom. The van der Waals surface area contributed by atoms with Gasteiger partial charge in [0.2, 0.25) is 0 Å². The fraction of sp³-hybridized carbons (Fsp3) is 0.208. The SMILES string of the molecule is CC(C)Oc1cccc(CNC(=O)c2ccc(OCc3ccccc3Cl)cc2)c1. The summed E-state index contributed by atoms with van der Waals surface area (Å²) in [5, 5.41) is 3.60. The molecule has 1 amide bonds. The third-order valence-electron chi connectivity index (χ3n) is 4.19. The minimum atomic E-state index is -0.141. The molecule has 0 unspecified atom stereocenters. The van der Waals surface area contributed by atoms with Crippen LogP contribution in [-0.4, -0.2) is 12.0 Å². The molecule has 0 atom stereocenters. The molecule has 0 aliphatic carbocycles. The Kier molecular flexibility index (Phi) is 7.14. The maximum Gasteiger partial charge on any atom is 0.251 e. The number of carbonyl (C=O) groups excluding carboxylic acids is 1. The number of rotatable bonds is 8. The molecule has 29 heavy (non-hydrogen) atoms. The molecule has 1 N–H and O–H groups in total. The molecule has 0 saturated carbocycles. The lowest BCUT2D eigenvalue weighted by Crippen LogP contribution is -2.22. The van der Waals surface area contributed by atoms with Crippen molar-refractivity contribution in [3.05, 3.63) is 94.5 Å². The van der Waals surface area contributed by atoms with Crippen LogP contribution in [-0.2, 0) is 13.2 Å². The predicted octanol–water partition coefficient (Wildman–Crippen LogP) is 5.64. The average molecular weight is 410 g/mol. The van der Waals surface area contributed by atoms with Gasteiger partial charge in [0.25, 0.3) is 5.91 Å². The second-order valence-electron chi connectivity index (χ2n) is 6.90. The van der Waals surface area contributed by atoms with E-state index in [-0.39, 0.29) is 12.0 Å². The minimum absolute atomic E-state index is 0.110. The highest BCUT2D eigenvalue weighted by atomic mass is 35.5. The van der Waals surface area contributed by atoms with Gasteiger partial charge in [-0.05, 0) is 61.9 Å². The molecule has 0 saturated heterocycles. The first-order chi connectivity index (χ1) is 14.0. The predicted molar refractivity (Wildman–Crippen MR) is 116 cm³/mol. The molecular formula is C24H24ClNO3. The van der Waals surface area contributed by atoms with E-state index in [4.69, 9.17) is 21.1 Å². The summed E-state index contributed by atoms with van der Waals surface area (Å²) in [6, 6.07) is 22.3. The van der Waals surface area contributed by atoms with Gasteiger partial charge in [-0.15, -0.1) is 0 Å². The second-order valence-corrected chi connectivity index (χ2v) is 7.31. The van der Waals surface area contributed by atoms with Crippen LogP contribution in [0.15, 0.2) is 72.8 Å². The lowest BCUT2D eigenvalue weighted by molar-refractivity contribution is 0.0950. The van der Waals surface area contributed by atoms with Crippen molar-refractivity contribution in [3.8, 4) is 11.5 Å². The summed E-state index contributed by atoms with van der Waals surface area (Å²) in [6.45, 7) is 4.77. The van der Waals surface area contributed by atoms with Gasteiger partial charge >= 0.3 is 0 Å². The topological polar surface area (TPSA) is 47.6 Å². The summed E-state index contributed by atoms with van der Waals surface area (Å²) in [7, 11) is 0. The summed E-state index contributed by atoms with van der Waals surface area (Å²) in [6.07, 6.45) is 0.110. The van der Waals surface area contributed by atoms with Crippen molar-refractivity contribution in [3.63, 3.8) is 0 Å². The molecule has 0 bridgehead atoms. The van der Waals surface area contributed by atoms with E-state index in [1.807, 2.05) is 62.4 Å². The number of carbonyl (C=O) groups is 1. The number of nitrogens with one attached hydrogen (secondary N) is 1. The third-order valence-corrected chi connectivity index (χ3v) is 4.56. The second kappa shape index (κ2) is 9.99. The fourth-order valence-corrected chi connectivity index (χ4v) is 2.95. The molecule has 0 radical (unpaired) electrons. The molecule has 0 aliphatic rings. The lowest BCUT2D eigenvalue weighted by Gasteiger charge is -2.11. The largest absolute Gasteiger partial charge is 0.491 e. The van der Waals surface area contributed by atoms with E-state index in [9.17, 15) is 4.79 Å². The average Bonchev–Trinajstić information content (AvgIpc) is 2.71. The van der Waals surface area contributed by atoms with E-state index in [1.54, 1.807) is 24.3 Å². The first-order valence-electron chi connectivity index (χ1n) is 9.51. The van der Waals surface area contributed by atoms with E-state index in [1.165, 1.54) is 0 Å². The highest BCUT2D eigenvalue weighted by Crippen LogP contribution is 2.19. The number of hydrogen-bond donors (Lipinski definition) is 1. The number of ether oxygens (including phenoxy) is 2. The molecule has 3 rings (SSSR count). The summed E-state index contributed by atoms with van der Waals surface area (Å²) in [5.74, 6) is 1.34. The van der Waals surface area contributed by atoms with E-state index in [2.05, 4.69) is 5.32 Å². The monoisotopic (exact) mass is 409 g/mol. The molecule has 3 aromatic rings. The fourth-order valence-electron chi connectivity index (χ4n) is 2.76. The van der Waals surface area contributed by atoms with Gasteiger partial charge in [0.05, 0.1) is 6.10 Å². The van der Waals surface area contributed by atoms with Crippen LogP contribution in [0, 0.1) is 0 Å². The highest BCUT2D eigenvalue weighted by Gasteiger charge is 2.07. The van der Waals surface area contributed by atoms with Crippen molar-refractivity contribution in [2.75, 3.05) is 0 Å². The molecule has 0 fully saturated rings. The highest BCUT2D eigenvalue weighted by molar-refractivity contribution is 6.31. The van der Waals surface area contributed by atoms with Crippen molar-refractivity contribution in [1.29, 1.82) is 0 Å². The maximum absolute atomic E-state index is 12.4. The Hall–Kier alpha value is -2.98. The standard InChI is InChI=1S/C24H24ClNO3/c1-17(2)29-22-8-5-6-18(14-22)15-26-24(27)19-10-12-21(13-11-19)28-16-20-7-3-4-9-23(20)25/h3-14,17H,15-16H2,1-2H3,(H,26,27). The van der Waals surface area contributed by atoms with E-state index in [0.29, 0.717) is 29.5 Å². The summed E-state index contributed by atoms with van der Waals surface area (Å²) >= 11 is 6.14. The Morgan fingerprint density at radius 1 is 0.966 bits per heavy atom. The maximum atomic E-state index is 12.4. The van der Waals surface area contributed by atoms with E-state index >= 15 is 0 Å². The Morgan fingerprint density at radius 2 is 1.72 bits per heavy atom. The van der Waals surface area contributed by atoms with E-state index in [0.717, 1.165) is 16.9 Å². The molecule has 5 heteroatoms. The quantitative estimate of drug-likeness (QED) is 0.524. The molecule has 0 heterocycles. The zero-order chi connectivity index (χ0) is 20.6. The Labute approximate surface area is 176 Å². The van der Waals surface area contributed by atoms with Gasteiger partial charge < -0.3 is 14.8 Å². The lowest BCUT2D eigenvalue weighted by atomic mass is 10.1. The molecule has 150 valence electrons. The number of amides is 1. The van der Waals surface area contributed by atoms with Gasteiger partial charge in [-0.1, -0.05) is 41.9 Å². The number of halogens is 1. The summed E-state index contributed by atoms with van der Waals surface area (Å²) < 4.78 is 11.4. The van der Waals surface area contributed by atoms with Gasteiger partial charge in [0.1, 0.15) is 18.1 Å². The molecular weight excluding hydrogens is 386 g/mol. The Balaban J connectivity index is 1.53. The van der Waals surface area contributed by atoms with Gasteiger partial charge in [-0.25, -0.2) is 0 Å². The van der Waals surface area contributed by atoms with Crippen molar-refractivity contribution in [2.45, 2.75) is 33.1 Å². The first-order valence-corrected chi connectivity index (χ1v) is 9.89. The third kappa shape index (κ3) is 6.26. The summed E-state index contributed by atoms with van der Waals surface area (Å²) in [4.78, 5) is 12.4. The van der Waals surface area contributed by atoms with Gasteiger partial charge in [-0.2, -0.15) is 0 Å². The van der Waals surface area contributed by atoms with Crippen LogP contribution in [0.4, 0.5) is 0 Å². The normalized spacial score (nSPS) is 10.6. The van der Waals surface area contributed by atoms with Crippen LogP contribution in [0.3, 0.4) is 0 Å². The van der Waals surface area contributed by atoms with Gasteiger partial charge in [-0.3, -0.25) is 4.79 Å². The van der Waals surface area contributed by atoms with Crippen molar-refractivity contribution in [1.82, 2.24) is 5.32 Å². The van der Waals surface area contributed by atoms with Crippen LogP contribution < -0.4 is 14.8 Å². The van der Waals surface area contributed by atoms with Crippen molar-refractivity contribution in [2.24, 2.45) is 0 Å². The minimum Gasteiger partial charge on any atom is -0.491 e. The number of benzene rings is 3. The van der Waals surface area contributed by atoms with E-state index < -0.39 is 0 Å². The number of hydrogen-bond acceptors (Lipinski definition) is 3. The Bertz CT molecular complexity index is 954. The molecule has 4 nitrogen and oxygen atoms in total. The molecule has 0 aliphatic heterocycles. The smallest absolute Gasteiger partial charge is 0.251 e. The van der Waals surface area contributed by atoms with Crippen molar-refractivity contribution < 1.29 is 14.3 Å². The zero-order valence-electron chi connectivity index (χ0n) is 16.5. The van der Waals surface area contributed by atoms with Gasteiger partial charge in [0.15, 0.2) is 0 Å². The molecule has 0 spiro atoms.